The van der Waals surface area contributed by atoms with Gasteiger partial charge < -0.3 is 4.57 Å². The third-order valence-corrected chi connectivity index (χ3v) is 4.25. The number of benzene rings is 1. The molecule has 2 rings (SSSR count). The minimum Gasteiger partial charge on any atom is -0.335 e. The van der Waals surface area contributed by atoms with E-state index in [0.29, 0.717) is 6.42 Å². The topological polar surface area (TPSA) is 34.9 Å². The third kappa shape index (κ3) is 3.66. The second kappa shape index (κ2) is 6.65. The molecule has 5 heteroatoms. The Balaban J connectivity index is 2.21. The van der Waals surface area contributed by atoms with Gasteiger partial charge in [0.15, 0.2) is 5.78 Å². The number of hydrogen-bond acceptors (Lipinski definition) is 2. The van der Waals surface area contributed by atoms with Gasteiger partial charge in [-0.1, -0.05) is 22.9 Å². The lowest BCUT2D eigenvalue weighted by Crippen LogP contribution is -2.11. The number of aromatic nitrogens is 2. The Morgan fingerprint density at radius 3 is 3.00 bits per heavy atom. The molecule has 0 aliphatic carbocycles. The van der Waals surface area contributed by atoms with E-state index in [1.54, 1.807) is 6.20 Å². The standard InChI is InChI=1S/C14H14BrIN2O/c1-2-6-18-7-5-17-14(18)9-13(19)11-8-10(15)3-4-12(11)16/h3-5,7-8H,2,6,9H2,1H3. The number of imidazole rings is 1. The monoisotopic (exact) mass is 432 g/mol. The number of rotatable bonds is 5. The molecule has 0 radical (unpaired) electrons. The summed E-state index contributed by atoms with van der Waals surface area (Å²) in [5.74, 6) is 0.942. The average molecular weight is 433 g/mol. The Morgan fingerprint density at radius 1 is 1.47 bits per heavy atom. The van der Waals surface area contributed by atoms with Crippen LogP contribution in [0.1, 0.15) is 29.5 Å². The number of carbonyl (C=O) groups excluding carboxylic acids is 1. The van der Waals surface area contributed by atoms with Crippen molar-refractivity contribution in [2.45, 2.75) is 26.3 Å². The highest BCUT2D eigenvalue weighted by molar-refractivity contribution is 14.1. The van der Waals surface area contributed by atoms with Crippen LogP contribution in [0.3, 0.4) is 0 Å². The van der Waals surface area contributed by atoms with Gasteiger partial charge in [-0.25, -0.2) is 4.98 Å². The van der Waals surface area contributed by atoms with Crippen LogP contribution >= 0.6 is 38.5 Å². The zero-order valence-corrected chi connectivity index (χ0v) is 14.3. The zero-order valence-electron chi connectivity index (χ0n) is 10.6. The SMILES string of the molecule is CCCn1ccnc1CC(=O)c1cc(Br)ccc1I. The van der Waals surface area contributed by atoms with E-state index in [1.165, 1.54) is 0 Å². The molecule has 3 nitrogen and oxygen atoms in total. The lowest BCUT2D eigenvalue weighted by Gasteiger charge is -2.07. The summed E-state index contributed by atoms with van der Waals surface area (Å²) in [6.07, 6.45) is 5.06. The van der Waals surface area contributed by atoms with Crippen molar-refractivity contribution in [1.82, 2.24) is 9.55 Å². The van der Waals surface area contributed by atoms with Gasteiger partial charge in [-0.2, -0.15) is 0 Å². The largest absolute Gasteiger partial charge is 0.335 e. The predicted molar refractivity (Wildman–Crippen MR) is 87.4 cm³/mol. The van der Waals surface area contributed by atoms with Crippen LogP contribution in [-0.2, 0) is 13.0 Å². The van der Waals surface area contributed by atoms with Gasteiger partial charge in [-0.3, -0.25) is 4.79 Å². The van der Waals surface area contributed by atoms with E-state index in [-0.39, 0.29) is 5.78 Å². The van der Waals surface area contributed by atoms with Crippen LogP contribution in [0.4, 0.5) is 0 Å². The molecular formula is C14H14BrIN2O. The smallest absolute Gasteiger partial charge is 0.171 e. The quantitative estimate of drug-likeness (QED) is 0.527. The fraction of sp³-hybridized carbons (Fsp3) is 0.286. The first-order valence-corrected chi connectivity index (χ1v) is 7.97. The Labute approximate surface area is 134 Å². The summed E-state index contributed by atoms with van der Waals surface area (Å²) in [5.41, 5.74) is 0.751. The number of hydrogen-bond donors (Lipinski definition) is 0. The number of Topliss-reactive ketones (excluding diaryl/α,β-unsaturated/α-hetero) is 1. The van der Waals surface area contributed by atoms with Gasteiger partial charge >= 0.3 is 0 Å². The molecule has 0 aliphatic rings. The lowest BCUT2D eigenvalue weighted by atomic mass is 10.1. The van der Waals surface area contributed by atoms with Gasteiger partial charge in [-0.05, 0) is 47.2 Å². The average Bonchev–Trinajstić information content (AvgIpc) is 2.80. The molecule has 0 spiro atoms. The van der Waals surface area contributed by atoms with E-state index in [0.717, 1.165) is 32.4 Å². The Morgan fingerprint density at radius 2 is 2.26 bits per heavy atom. The molecular weight excluding hydrogens is 419 g/mol. The van der Waals surface area contributed by atoms with Crippen molar-refractivity contribution < 1.29 is 4.79 Å². The summed E-state index contributed by atoms with van der Waals surface area (Å²) in [7, 11) is 0. The molecule has 1 aromatic carbocycles. The first kappa shape index (κ1) is 14.7. The van der Waals surface area contributed by atoms with Crippen LogP contribution < -0.4 is 0 Å². The summed E-state index contributed by atoms with van der Waals surface area (Å²) < 4.78 is 3.94. The normalized spacial score (nSPS) is 10.7. The number of halogens is 2. The second-order valence-corrected chi connectivity index (χ2v) is 6.34. The van der Waals surface area contributed by atoms with E-state index >= 15 is 0 Å². The Hall–Kier alpha value is -0.690. The first-order valence-electron chi connectivity index (χ1n) is 6.10. The van der Waals surface area contributed by atoms with Crippen molar-refractivity contribution in [2.24, 2.45) is 0 Å². The Bertz CT molecular complexity index is 595. The maximum Gasteiger partial charge on any atom is 0.171 e. The number of ketones is 1. The van der Waals surface area contributed by atoms with Gasteiger partial charge in [0.05, 0.1) is 6.42 Å². The van der Waals surface area contributed by atoms with E-state index in [2.05, 4.69) is 50.4 Å². The minimum absolute atomic E-state index is 0.106. The molecule has 0 fully saturated rings. The van der Waals surface area contributed by atoms with Crippen molar-refractivity contribution >= 4 is 44.3 Å². The van der Waals surface area contributed by atoms with Crippen molar-refractivity contribution in [3.05, 3.63) is 50.0 Å². The molecule has 0 bridgehead atoms. The Kier molecular flexibility index (Phi) is 5.15. The lowest BCUT2D eigenvalue weighted by molar-refractivity contribution is 0.0988. The van der Waals surface area contributed by atoms with Gasteiger partial charge in [0.1, 0.15) is 5.82 Å². The van der Waals surface area contributed by atoms with E-state index < -0.39 is 0 Å². The molecule has 19 heavy (non-hydrogen) atoms. The molecule has 100 valence electrons. The zero-order chi connectivity index (χ0) is 13.8. The summed E-state index contributed by atoms with van der Waals surface area (Å²) in [6.45, 7) is 3.01. The molecule has 1 aromatic heterocycles. The van der Waals surface area contributed by atoms with E-state index in [4.69, 9.17) is 0 Å². The molecule has 0 aliphatic heterocycles. The molecule has 2 aromatic rings. The van der Waals surface area contributed by atoms with Gasteiger partial charge in [0, 0.05) is 32.5 Å². The van der Waals surface area contributed by atoms with Crippen molar-refractivity contribution in [3.8, 4) is 0 Å². The van der Waals surface area contributed by atoms with Crippen LogP contribution in [0.25, 0.3) is 0 Å². The molecule has 1 heterocycles. The summed E-state index contributed by atoms with van der Waals surface area (Å²) in [4.78, 5) is 16.6. The number of carbonyl (C=O) groups is 1. The van der Waals surface area contributed by atoms with Crippen LogP contribution in [0.15, 0.2) is 35.1 Å². The number of nitrogens with zero attached hydrogens (tertiary/aromatic N) is 2. The maximum atomic E-state index is 12.4. The highest BCUT2D eigenvalue weighted by Crippen LogP contribution is 2.20. The highest BCUT2D eigenvalue weighted by atomic mass is 127. The van der Waals surface area contributed by atoms with Crippen LogP contribution in [0, 0.1) is 3.57 Å². The first-order chi connectivity index (χ1) is 9.11. The van der Waals surface area contributed by atoms with Crippen molar-refractivity contribution in [3.63, 3.8) is 0 Å². The number of aryl methyl sites for hydroxylation is 1. The highest BCUT2D eigenvalue weighted by Gasteiger charge is 2.14. The van der Waals surface area contributed by atoms with Crippen LogP contribution in [0.2, 0.25) is 0 Å². The van der Waals surface area contributed by atoms with E-state index in [9.17, 15) is 4.79 Å². The fourth-order valence-electron chi connectivity index (χ4n) is 1.90. The molecule has 0 saturated carbocycles. The second-order valence-electron chi connectivity index (χ2n) is 4.26. The summed E-state index contributed by atoms with van der Waals surface area (Å²) in [6, 6.07) is 5.75. The predicted octanol–water partition coefficient (Wildman–Crippen LogP) is 4.09. The van der Waals surface area contributed by atoms with Gasteiger partial charge in [0.2, 0.25) is 0 Å². The van der Waals surface area contributed by atoms with Crippen LogP contribution in [0.5, 0.6) is 0 Å². The maximum absolute atomic E-state index is 12.4. The van der Waals surface area contributed by atoms with Gasteiger partial charge in [-0.15, -0.1) is 0 Å². The molecule has 0 N–H and O–H groups in total. The fourth-order valence-corrected chi connectivity index (χ4v) is 2.90. The van der Waals surface area contributed by atoms with Gasteiger partial charge in [0.25, 0.3) is 0 Å². The van der Waals surface area contributed by atoms with E-state index in [1.807, 2.05) is 29.0 Å². The molecule has 0 saturated heterocycles. The summed E-state index contributed by atoms with van der Waals surface area (Å²) >= 11 is 5.60. The third-order valence-electron chi connectivity index (χ3n) is 2.81. The molecule has 0 unspecified atom stereocenters. The molecule has 0 amide bonds. The summed E-state index contributed by atoms with van der Waals surface area (Å²) in [5, 5.41) is 0. The van der Waals surface area contributed by atoms with Crippen molar-refractivity contribution in [2.75, 3.05) is 0 Å². The molecule has 0 atom stereocenters. The van der Waals surface area contributed by atoms with Crippen LogP contribution in [-0.4, -0.2) is 15.3 Å². The minimum atomic E-state index is 0.106. The van der Waals surface area contributed by atoms with Crippen molar-refractivity contribution in [1.29, 1.82) is 0 Å².